The van der Waals surface area contributed by atoms with E-state index < -0.39 is 0 Å². The lowest BCUT2D eigenvalue weighted by molar-refractivity contribution is 0.0952. The Morgan fingerprint density at radius 1 is 1.31 bits per heavy atom. The van der Waals surface area contributed by atoms with Gasteiger partial charge >= 0.3 is 0 Å². The average molecular weight is 220 g/mol. The second-order valence-electron chi connectivity index (χ2n) is 4.13. The average Bonchev–Trinajstić information content (AvgIpc) is 2.23. The van der Waals surface area contributed by atoms with Crippen molar-refractivity contribution in [2.45, 2.75) is 33.6 Å². The Morgan fingerprint density at radius 3 is 2.62 bits per heavy atom. The van der Waals surface area contributed by atoms with Crippen molar-refractivity contribution >= 4 is 11.6 Å². The number of nitrogens with two attached hydrogens (primary N) is 1. The van der Waals surface area contributed by atoms with Gasteiger partial charge in [0.1, 0.15) is 0 Å². The van der Waals surface area contributed by atoms with Gasteiger partial charge in [0.15, 0.2) is 0 Å². The van der Waals surface area contributed by atoms with E-state index in [0.717, 1.165) is 30.5 Å². The number of anilines is 1. The summed E-state index contributed by atoms with van der Waals surface area (Å²) in [6.07, 6.45) is 2.08. The van der Waals surface area contributed by atoms with Gasteiger partial charge in [0, 0.05) is 17.8 Å². The number of nitrogens with one attached hydrogen (secondary N) is 1. The van der Waals surface area contributed by atoms with E-state index >= 15 is 0 Å². The molecule has 88 valence electrons. The van der Waals surface area contributed by atoms with Crippen molar-refractivity contribution in [1.82, 2.24) is 5.32 Å². The van der Waals surface area contributed by atoms with Crippen LogP contribution in [0.3, 0.4) is 0 Å². The number of hydrogen-bond donors (Lipinski definition) is 2. The van der Waals surface area contributed by atoms with Crippen LogP contribution in [0.2, 0.25) is 0 Å². The summed E-state index contributed by atoms with van der Waals surface area (Å²) in [5.41, 5.74) is 9.14. The van der Waals surface area contributed by atoms with E-state index in [9.17, 15) is 4.79 Å². The molecule has 3 nitrogen and oxygen atoms in total. The number of carbonyl (C=O) groups is 1. The third kappa shape index (κ3) is 2.99. The minimum Gasteiger partial charge on any atom is -0.398 e. The normalized spacial score (nSPS) is 10.2. The highest BCUT2D eigenvalue weighted by Crippen LogP contribution is 2.17. The molecule has 3 heteroatoms. The summed E-state index contributed by atoms with van der Waals surface area (Å²) < 4.78 is 0. The first kappa shape index (κ1) is 12.6. The Labute approximate surface area is 97.0 Å². The van der Waals surface area contributed by atoms with Crippen molar-refractivity contribution in [1.29, 1.82) is 0 Å². The van der Waals surface area contributed by atoms with Crippen LogP contribution in [0.15, 0.2) is 12.1 Å². The highest BCUT2D eigenvalue weighted by molar-refractivity contribution is 5.96. The first-order valence-corrected chi connectivity index (χ1v) is 5.71. The number of amides is 1. The molecule has 16 heavy (non-hydrogen) atoms. The van der Waals surface area contributed by atoms with Gasteiger partial charge in [-0.15, -0.1) is 0 Å². The third-order valence-electron chi connectivity index (χ3n) is 2.67. The number of carbonyl (C=O) groups excluding carboxylic acids is 1. The molecule has 1 aromatic rings. The van der Waals surface area contributed by atoms with Crippen LogP contribution >= 0.6 is 0 Å². The minimum atomic E-state index is -0.0300. The second-order valence-corrected chi connectivity index (χ2v) is 4.13. The van der Waals surface area contributed by atoms with Crippen LogP contribution < -0.4 is 11.1 Å². The van der Waals surface area contributed by atoms with Crippen LogP contribution in [0.1, 0.15) is 41.3 Å². The molecule has 1 rings (SSSR count). The van der Waals surface area contributed by atoms with Crippen LogP contribution in [0, 0.1) is 13.8 Å². The topological polar surface area (TPSA) is 55.1 Å². The Hall–Kier alpha value is -1.51. The molecule has 0 aromatic heterocycles. The molecule has 0 aliphatic rings. The first-order valence-electron chi connectivity index (χ1n) is 5.71. The molecule has 0 spiro atoms. The maximum absolute atomic E-state index is 11.8. The maximum Gasteiger partial charge on any atom is 0.251 e. The number of hydrogen-bond acceptors (Lipinski definition) is 2. The number of aryl methyl sites for hydroxylation is 2. The minimum absolute atomic E-state index is 0.0300. The highest BCUT2D eigenvalue weighted by Gasteiger charge is 2.09. The molecule has 0 bridgehead atoms. The third-order valence-corrected chi connectivity index (χ3v) is 2.67. The van der Waals surface area contributed by atoms with E-state index in [4.69, 9.17) is 5.73 Å². The molecule has 3 N–H and O–H groups in total. The van der Waals surface area contributed by atoms with Crippen molar-refractivity contribution in [3.05, 3.63) is 28.8 Å². The van der Waals surface area contributed by atoms with Crippen LogP contribution in [0.25, 0.3) is 0 Å². The van der Waals surface area contributed by atoms with Crippen molar-refractivity contribution < 1.29 is 4.79 Å². The summed E-state index contributed by atoms with van der Waals surface area (Å²) >= 11 is 0. The van der Waals surface area contributed by atoms with Crippen molar-refractivity contribution in [3.8, 4) is 0 Å². The molecule has 0 saturated carbocycles. The zero-order valence-corrected chi connectivity index (χ0v) is 10.3. The zero-order chi connectivity index (χ0) is 12.1. The van der Waals surface area contributed by atoms with Gasteiger partial charge in [-0.25, -0.2) is 0 Å². The maximum atomic E-state index is 11.8. The van der Waals surface area contributed by atoms with Crippen LogP contribution in [-0.2, 0) is 0 Å². The van der Waals surface area contributed by atoms with E-state index in [2.05, 4.69) is 12.2 Å². The number of rotatable bonds is 4. The summed E-state index contributed by atoms with van der Waals surface area (Å²) in [5, 5.41) is 2.89. The zero-order valence-electron chi connectivity index (χ0n) is 10.3. The van der Waals surface area contributed by atoms with Gasteiger partial charge in [-0.3, -0.25) is 4.79 Å². The second kappa shape index (κ2) is 5.54. The lowest BCUT2D eigenvalue weighted by Crippen LogP contribution is -2.25. The summed E-state index contributed by atoms with van der Waals surface area (Å²) in [7, 11) is 0. The van der Waals surface area contributed by atoms with Crippen molar-refractivity contribution in [3.63, 3.8) is 0 Å². The molecular weight excluding hydrogens is 200 g/mol. The molecule has 0 fully saturated rings. The Morgan fingerprint density at radius 2 is 2.00 bits per heavy atom. The van der Waals surface area contributed by atoms with Crippen LogP contribution in [-0.4, -0.2) is 12.5 Å². The van der Waals surface area contributed by atoms with E-state index in [-0.39, 0.29) is 5.91 Å². The predicted molar refractivity (Wildman–Crippen MR) is 67.6 cm³/mol. The van der Waals surface area contributed by atoms with Crippen molar-refractivity contribution in [2.75, 3.05) is 12.3 Å². The van der Waals surface area contributed by atoms with E-state index in [1.54, 1.807) is 6.07 Å². The Bertz CT molecular complexity index is 386. The first-order chi connectivity index (χ1) is 7.56. The standard InChI is InChI=1S/C13H20N2O/c1-4-5-6-15-13(16)11-8-12(14)10(3)7-9(11)2/h7-8H,4-6,14H2,1-3H3,(H,15,16). The Kier molecular flexibility index (Phi) is 4.35. The molecule has 0 atom stereocenters. The predicted octanol–water partition coefficient (Wildman–Crippen LogP) is 2.42. The Balaban J connectivity index is 2.79. The van der Waals surface area contributed by atoms with Gasteiger partial charge < -0.3 is 11.1 Å². The lowest BCUT2D eigenvalue weighted by Gasteiger charge is -2.10. The fourth-order valence-corrected chi connectivity index (χ4v) is 1.59. The molecule has 0 radical (unpaired) electrons. The fraction of sp³-hybridized carbons (Fsp3) is 0.462. The van der Waals surface area contributed by atoms with Gasteiger partial charge in [-0.1, -0.05) is 19.4 Å². The molecule has 0 saturated heterocycles. The lowest BCUT2D eigenvalue weighted by atomic mass is 10.0. The number of nitrogen functional groups attached to an aromatic ring is 1. The molecule has 0 aliphatic carbocycles. The number of unbranched alkanes of at least 4 members (excludes halogenated alkanes) is 1. The largest absolute Gasteiger partial charge is 0.398 e. The SMILES string of the molecule is CCCCNC(=O)c1cc(N)c(C)cc1C. The quantitative estimate of drug-likeness (QED) is 0.604. The molecule has 0 heterocycles. The molecule has 1 amide bonds. The molecule has 0 unspecified atom stereocenters. The van der Waals surface area contributed by atoms with Crippen LogP contribution in [0.5, 0.6) is 0 Å². The smallest absolute Gasteiger partial charge is 0.251 e. The van der Waals surface area contributed by atoms with Gasteiger partial charge in [0.2, 0.25) is 0 Å². The van der Waals surface area contributed by atoms with Gasteiger partial charge in [0.25, 0.3) is 5.91 Å². The van der Waals surface area contributed by atoms with Crippen molar-refractivity contribution in [2.24, 2.45) is 0 Å². The fourth-order valence-electron chi connectivity index (χ4n) is 1.59. The van der Waals surface area contributed by atoms with Gasteiger partial charge in [-0.05, 0) is 37.5 Å². The number of benzene rings is 1. The summed E-state index contributed by atoms with van der Waals surface area (Å²) in [6.45, 7) is 6.70. The van der Waals surface area contributed by atoms with E-state index in [1.807, 2.05) is 19.9 Å². The highest BCUT2D eigenvalue weighted by atomic mass is 16.1. The van der Waals surface area contributed by atoms with E-state index in [1.165, 1.54) is 0 Å². The summed E-state index contributed by atoms with van der Waals surface area (Å²) in [5.74, 6) is -0.0300. The van der Waals surface area contributed by atoms with E-state index in [0.29, 0.717) is 11.3 Å². The summed E-state index contributed by atoms with van der Waals surface area (Å²) in [6, 6.07) is 3.70. The molecule has 0 aliphatic heterocycles. The molecular formula is C13H20N2O. The molecule has 1 aromatic carbocycles. The van der Waals surface area contributed by atoms with Crippen LogP contribution in [0.4, 0.5) is 5.69 Å². The van der Waals surface area contributed by atoms with Gasteiger partial charge in [0.05, 0.1) is 0 Å². The van der Waals surface area contributed by atoms with Gasteiger partial charge in [-0.2, -0.15) is 0 Å². The summed E-state index contributed by atoms with van der Waals surface area (Å²) in [4.78, 5) is 11.8. The monoisotopic (exact) mass is 220 g/mol.